The van der Waals surface area contributed by atoms with E-state index in [1.165, 1.54) is 6.92 Å². The van der Waals surface area contributed by atoms with Gasteiger partial charge in [-0.05, 0) is 37.0 Å². The molecule has 1 aliphatic heterocycles. The van der Waals surface area contributed by atoms with Crippen LogP contribution >= 0.6 is 0 Å². The quantitative estimate of drug-likeness (QED) is 0.883. The van der Waals surface area contributed by atoms with Gasteiger partial charge in [0.1, 0.15) is 17.6 Å². The Morgan fingerprint density at radius 2 is 1.85 bits per heavy atom. The summed E-state index contributed by atoms with van der Waals surface area (Å²) in [7, 11) is 0. The predicted octanol–water partition coefficient (Wildman–Crippen LogP) is 3.50. The molecule has 1 amide bonds. The van der Waals surface area contributed by atoms with Crippen LogP contribution in [0.3, 0.4) is 0 Å². The second-order valence-corrected chi connectivity index (χ2v) is 7.44. The first-order valence-electron chi connectivity index (χ1n) is 9.38. The first kappa shape index (κ1) is 17.0. The standard InChI is InChI=1S/C21H23NO4/c1-12(23)22-14-10-8-13(9-11-14)19-20-15(24)4-2-6-17(20)26-18-7-3-5-16(25)21(18)19/h8-11,17,19-20H,2-7H2,1H3,(H,22,23). The van der Waals surface area contributed by atoms with E-state index in [-0.39, 0.29) is 35.4 Å². The molecule has 136 valence electrons. The van der Waals surface area contributed by atoms with Crippen LogP contribution in [0.4, 0.5) is 5.69 Å². The smallest absolute Gasteiger partial charge is 0.221 e. The van der Waals surface area contributed by atoms with Crippen molar-refractivity contribution in [2.24, 2.45) is 5.92 Å². The Hall–Kier alpha value is -2.43. The van der Waals surface area contributed by atoms with Crippen molar-refractivity contribution in [1.82, 2.24) is 0 Å². The number of carbonyl (C=O) groups is 3. The number of fused-ring (bicyclic) bond motifs is 1. The summed E-state index contributed by atoms with van der Waals surface area (Å²) in [6.07, 6.45) is 4.26. The summed E-state index contributed by atoms with van der Waals surface area (Å²) >= 11 is 0. The molecule has 1 aromatic rings. The van der Waals surface area contributed by atoms with Crippen molar-refractivity contribution in [1.29, 1.82) is 0 Å². The highest BCUT2D eigenvalue weighted by atomic mass is 16.5. The maximum absolute atomic E-state index is 12.7. The lowest BCUT2D eigenvalue weighted by Gasteiger charge is -2.43. The first-order chi connectivity index (χ1) is 12.5. The average Bonchev–Trinajstić information content (AvgIpc) is 2.61. The Bertz CT molecular complexity index is 793. The molecular formula is C21H23NO4. The number of ketones is 2. The molecular weight excluding hydrogens is 330 g/mol. The number of ether oxygens (including phenoxy) is 1. The normalized spacial score (nSPS) is 28.1. The average molecular weight is 353 g/mol. The van der Waals surface area contributed by atoms with Crippen molar-refractivity contribution in [3.8, 4) is 0 Å². The van der Waals surface area contributed by atoms with Crippen molar-refractivity contribution in [3.63, 3.8) is 0 Å². The molecule has 1 fully saturated rings. The largest absolute Gasteiger partial charge is 0.494 e. The third-order valence-corrected chi connectivity index (χ3v) is 5.65. The van der Waals surface area contributed by atoms with Gasteiger partial charge in [0.25, 0.3) is 0 Å². The van der Waals surface area contributed by atoms with E-state index < -0.39 is 0 Å². The highest BCUT2D eigenvalue weighted by Crippen LogP contribution is 2.48. The van der Waals surface area contributed by atoms with E-state index in [4.69, 9.17) is 4.74 Å². The van der Waals surface area contributed by atoms with Gasteiger partial charge in [0.15, 0.2) is 5.78 Å². The van der Waals surface area contributed by atoms with E-state index in [0.717, 1.165) is 37.0 Å². The third kappa shape index (κ3) is 2.96. The molecule has 3 atom stereocenters. The second-order valence-electron chi connectivity index (χ2n) is 7.44. The first-order valence-corrected chi connectivity index (χ1v) is 9.38. The molecule has 1 saturated carbocycles. The molecule has 4 rings (SSSR count). The number of nitrogens with one attached hydrogen (secondary N) is 1. The molecule has 3 unspecified atom stereocenters. The Morgan fingerprint density at radius 3 is 2.58 bits per heavy atom. The zero-order valence-corrected chi connectivity index (χ0v) is 14.9. The van der Waals surface area contributed by atoms with E-state index in [1.54, 1.807) is 0 Å². The van der Waals surface area contributed by atoms with Crippen LogP contribution in [0.5, 0.6) is 0 Å². The lowest BCUT2D eigenvalue weighted by molar-refractivity contribution is -0.133. The fourth-order valence-corrected chi connectivity index (χ4v) is 4.58. The van der Waals surface area contributed by atoms with Gasteiger partial charge in [-0.2, -0.15) is 0 Å². The van der Waals surface area contributed by atoms with Crippen LogP contribution < -0.4 is 5.32 Å². The summed E-state index contributed by atoms with van der Waals surface area (Å²) in [5.41, 5.74) is 2.37. The van der Waals surface area contributed by atoms with Crippen molar-refractivity contribution in [2.75, 3.05) is 5.32 Å². The number of hydrogen-bond donors (Lipinski definition) is 1. The summed E-state index contributed by atoms with van der Waals surface area (Å²) in [6, 6.07) is 7.52. The van der Waals surface area contributed by atoms with Crippen LogP contribution in [0.1, 0.15) is 56.9 Å². The predicted molar refractivity (Wildman–Crippen MR) is 96.6 cm³/mol. The highest BCUT2D eigenvalue weighted by Gasteiger charge is 2.48. The number of hydrogen-bond acceptors (Lipinski definition) is 4. The minimum Gasteiger partial charge on any atom is -0.494 e. The summed E-state index contributed by atoms with van der Waals surface area (Å²) in [4.78, 5) is 36.7. The molecule has 5 heteroatoms. The Morgan fingerprint density at radius 1 is 1.08 bits per heavy atom. The Balaban J connectivity index is 1.77. The van der Waals surface area contributed by atoms with E-state index in [2.05, 4.69) is 5.32 Å². The molecule has 0 spiro atoms. The number of rotatable bonds is 2. The Labute approximate surface area is 152 Å². The fraction of sp³-hybridized carbons (Fsp3) is 0.476. The molecule has 5 nitrogen and oxygen atoms in total. The number of allylic oxidation sites excluding steroid dienone is 2. The molecule has 1 aromatic carbocycles. The summed E-state index contributed by atoms with van der Waals surface area (Å²) in [5, 5.41) is 2.76. The fourth-order valence-electron chi connectivity index (χ4n) is 4.58. The van der Waals surface area contributed by atoms with E-state index in [1.807, 2.05) is 24.3 Å². The number of Topliss-reactive ketones (excluding diaryl/α,β-unsaturated/α-hetero) is 2. The van der Waals surface area contributed by atoms with Gasteiger partial charge in [0.05, 0.1) is 5.92 Å². The molecule has 26 heavy (non-hydrogen) atoms. The molecule has 0 radical (unpaired) electrons. The molecule has 2 aliphatic carbocycles. The van der Waals surface area contributed by atoms with E-state index in [9.17, 15) is 14.4 Å². The van der Waals surface area contributed by atoms with Crippen molar-refractivity contribution in [3.05, 3.63) is 41.2 Å². The lowest BCUT2D eigenvalue weighted by Crippen LogP contribution is -2.44. The van der Waals surface area contributed by atoms with Crippen molar-refractivity contribution in [2.45, 2.75) is 57.5 Å². The number of amides is 1. The van der Waals surface area contributed by atoms with Crippen LogP contribution in [0.15, 0.2) is 35.6 Å². The summed E-state index contributed by atoms with van der Waals surface area (Å²) < 4.78 is 6.14. The number of anilines is 1. The maximum Gasteiger partial charge on any atom is 0.221 e. The van der Waals surface area contributed by atoms with Gasteiger partial charge in [0.2, 0.25) is 5.91 Å². The van der Waals surface area contributed by atoms with Gasteiger partial charge in [-0.1, -0.05) is 12.1 Å². The van der Waals surface area contributed by atoms with Crippen molar-refractivity contribution < 1.29 is 19.1 Å². The number of carbonyl (C=O) groups excluding carboxylic acids is 3. The maximum atomic E-state index is 12.7. The number of benzene rings is 1. The van der Waals surface area contributed by atoms with Crippen LogP contribution in [-0.4, -0.2) is 23.6 Å². The summed E-state index contributed by atoms with van der Waals surface area (Å²) in [6.45, 7) is 1.47. The molecule has 3 aliphatic rings. The van der Waals surface area contributed by atoms with Crippen molar-refractivity contribution >= 4 is 23.2 Å². The van der Waals surface area contributed by atoms with Crippen LogP contribution in [-0.2, 0) is 19.1 Å². The minimum absolute atomic E-state index is 0.110. The monoisotopic (exact) mass is 353 g/mol. The van der Waals surface area contributed by atoms with Gasteiger partial charge < -0.3 is 10.1 Å². The molecule has 1 N–H and O–H groups in total. The molecule has 0 saturated heterocycles. The lowest BCUT2D eigenvalue weighted by atomic mass is 9.67. The van der Waals surface area contributed by atoms with Gasteiger partial charge in [-0.15, -0.1) is 0 Å². The topological polar surface area (TPSA) is 72.5 Å². The van der Waals surface area contributed by atoms with Crippen LogP contribution in [0, 0.1) is 5.92 Å². The zero-order chi connectivity index (χ0) is 18.3. The van der Waals surface area contributed by atoms with Crippen LogP contribution in [0.2, 0.25) is 0 Å². The van der Waals surface area contributed by atoms with E-state index in [0.29, 0.717) is 24.1 Å². The molecule has 0 aromatic heterocycles. The van der Waals surface area contributed by atoms with Gasteiger partial charge in [-0.3, -0.25) is 14.4 Å². The highest BCUT2D eigenvalue weighted by molar-refractivity contribution is 6.00. The van der Waals surface area contributed by atoms with E-state index >= 15 is 0 Å². The minimum atomic E-state index is -0.281. The SMILES string of the molecule is CC(=O)Nc1ccc(C2C3=C(CCCC3=O)OC3CCCC(=O)C32)cc1. The molecule has 1 heterocycles. The molecule has 0 bridgehead atoms. The summed E-state index contributed by atoms with van der Waals surface area (Å²) in [5.74, 6) is 0.472. The van der Waals surface area contributed by atoms with Gasteiger partial charge in [0, 0.05) is 43.4 Å². The third-order valence-electron chi connectivity index (χ3n) is 5.65. The Kier molecular flexibility index (Phi) is 4.39. The van der Waals surface area contributed by atoms with Crippen LogP contribution in [0.25, 0.3) is 0 Å². The van der Waals surface area contributed by atoms with Gasteiger partial charge in [-0.25, -0.2) is 0 Å². The zero-order valence-electron chi connectivity index (χ0n) is 14.9. The van der Waals surface area contributed by atoms with Gasteiger partial charge >= 0.3 is 0 Å². The second kappa shape index (κ2) is 6.71.